The maximum Gasteiger partial charge on any atom is 0.355 e. The molecule has 7 nitrogen and oxygen atoms in total. The molecule has 0 atom stereocenters. The predicted octanol–water partition coefficient (Wildman–Crippen LogP) is 3.95. The van der Waals surface area contributed by atoms with Crippen LogP contribution < -0.4 is 5.32 Å². The summed E-state index contributed by atoms with van der Waals surface area (Å²) in [5.74, 6) is -1.75. The third kappa shape index (κ3) is 4.92. The SMILES string of the molecule is Cc1[nH]c(C(=O)OCC(=O)Nc2cccc(Cl)c2C)c(C)c1C(=O)OC(C)C. The lowest BCUT2D eigenvalue weighted by Crippen LogP contribution is -2.22. The van der Waals surface area contributed by atoms with Gasteiger partial charge in [-0.05, 0) is 57.9 Å². The van der Waals surface area contributed by atoms with Crippen LogP contribution in [0.4, 0.5) is 5.69 Å². The molecule has 0 bridgehead atoms. The minimum atomic E-state index is -0.734. The van der Waals surface area contributed by atoms with Gasteiger partial charge in [-0.1, -0.05) is 17.7 Å². The summed E-state index contributed by atoms with van der Waals surface area (Å²) in [6, 6.07) is 5.12. The normalized spacial score (nSPS) is 10.7. The van der Waals surface area contributed by atoms with Gasteiger partial charge in [0.1, 0.15) is 5.69 Å². The molecule has 1 heterocycles. The molecule has 150 valence electrons. The number of anilines is 1. The zero-order valence-corrected chi connectivity index (χ0v) is 17.2. The van der Waals surface area contributed by atoms with E-state index in [0.29, 0.717) is 33.1 Å². The van der Waals surface area contributed by atoms with Crippen molar-refractivity contribution in [1.82, 2.24) is 4.98 Å². The zero-order chi connectivity index (χ0) is 21.0. The van der Waals surface area contributed by atoms with Crippen molar-refractivity contribution in [3.63, 3.8) is 0 Å². The quantitative estimate of drug-likeness (QED) is 0.708. The van der Waals surface area contributed by atoms with Gasteiger partial charge in [0.15, 0.2) is 6.61 Å². The van der Waals surface area contributed by atoms with Crippen LogP contribution in [0, 0.1) is 20.8 Å². The van der Waals surface area contributed by atoms with Gasteiger partial charge >= 0.3 is 11.9 Å². The van der Waals surface area contributed by atoms with Crippen molar-refractivity contribution in [2.75, 3.05) is 11.9 Å². The molecule has 0 fully saturated rings. The van der Waals surface area contributed by atoms with E-state index in [9.17, 15) is 14.4 Å². The van der Waals surface area contributed by atoms with Gasteiger partial charge in [0.2, 0.25) is 0 Å². The fraction of sp³-hybridized carbons (Fsp3) is 0.350. The second-order valence-electron chi connectivity index (χ2n) is 6.62. The topological polar surface area (TPSA) is 97.5 Å². The highest BCUT2D eigenvalue weighted by Gasteiger charge is 2.25. The molecule has 0 aliphatic carbocycles. The number of carbonyl (C=O) groups is 3. The zero-order valence-electron chi connectivity index (χ0n) is 16.4. The molecule has 2 aromatic rings. The molecule has 0 saturated carbocycles. The second kappa shape index (κ2) is 8.93. The third-order valence-electron chi connectivity index (χ3n) is 4.06. The minimum Gasteiger partial charge on any atom is -0.459 e. The van der Waals surface area contributed by atoms with Gasteiger partial charge in [0.05, 0.1) is 11.7 Å². The van der Waals surface area contributed by atoms with E-state index in [1.807, 2.05) is 0 Å². The highest BCUT2D eigenvalue weighted by Crippen LogP contribution is 2.23. The van der Waals surface area contributed by atoms with Crippen LogP contribution in [0.15, 0.2) is 18.2 Å². The summed E-state index contributed by atoms with van der Waals surface area (Å²) in [4.78, 5) is 39.5. The fourth-order valence-corrected chi connectivity index (χ4v) is 2.84. The first-order valence-corrected chi connectivity index (χ1v) is 9.11. The van der Waals surface area contributed by atoms with E-state index in [-0.39, 0.29) is 11.8 Å². The van der Waals surface area contributed by atoms with E-state index < -0.39 is 24.5 Å². The number of nitrogens with one attached hydrogen (secondary N) is 2. The number of carbonyl (C=O) groups excluding carboxylic acids is 3. The van der Waals surface area contributed by atoms with E-state index in [4.69, 9.17) is 21.1 Å². The number of hydrogen-bond acceptors (Lipinski definition) is 5. The maximum absolute atomic E-state index is 12.3. The first-order chi connectivity index (χ1) is 13.1. The molecule has 2 N–H and O–H groups in total. The molecule has 1 aromatic carbocycles. The number of aryl methyl sites for hydroxylation is 1. The van der Waals surface area contributed by atoms with E-state index in [0.717, 1.165) is 0 Å². The summed E-state index contributed by atoms with van der Waals surface area (Å²) < 4.78 is 10.3. The molecular weight excluding hydrogens is 384 g/mol. The smallest absolute Gasteiger partial charge is 0.355 e. The van der Waals surface area contributed by atoms with Gasteiger partial charge in [-0.15, -0.1) is 0 Å². The van der Waals surface area contributed by atoms with Crippen molar-refractivity contribution in [1.29, 1.82) is 0 Å². The van der Waals surface area contributed by atoms with Crippen LogP contribution in [-0.4, -0.2) is 35.5 Å². The van der Waals surface area contributed by atoms with Gasteiger partial charge in [-0.25, -0.2) is 9.59 Å². The lowest BCUT2D eigenvalue weighted by Gasteiger charge is -2.10. The second-order valence-corrected chi connectivity index (χ2v) is 7.02. The lowest BCUT2D eigenvalue weighted by atomic mass is 10.1. The van der Waals surface area contributed by atoms with Crippen LogP contribution in [0.2, 0.25) is 5.02 Å². The Morgan fingerprint density at radius 2 is 1.79 bits per heavy atom. The number of aromatic nitrogens is 1. The molecule has 0 aliphatic heterocycles. The van der Waals surface area contributed by atoms with Crippen molar-refractivity contribution in [3.8, 4) is 0 Å². The molecule has 0 aliphatic rings. The number of hydrogen-bond donors (Lipinski definition) is 2. The van der Waals surface area contributed by atoms with Gasteiger partial charge in [0, 0.05) is 16.4 Å². The van der Waals surface area contributed by atoms with Crippen molar-refractivity contribution in [2.45, 2.75) is 40.7 Å². The third-order valence-corrected chi connectivity index (χ3v) is 4.47. The Kier molecular flexibility index (Phi) is 6.85. The summed E-state index contributed by atoms with van der Waals surface area (Å²) in [5.41, 5.74) is 2.57. The van der Waals surface area contributed by atoms with E-state index in [1.165, 1.54) is 0 Å². The minimum absolute atomic E-state index is 0.111. The molecule has 1 aromatic heterocycles. The van der Waals surface area contributed by atoms with Crippen LogP contribution in [-0.2, 0) is 14.3 Å². The summed E-state index contributed by atoms with van der Waals surface area (Å²) in [5, 5.41) is 3.17. The highest BCUT2D eigenvalue weighted by atomic mass is 35.5. The molecule has 0 spiro atoms. The monoisotopic (exact) mass is 406 g/mol. The van der Waals surface area contributed by atoms with Crippen molar-refractivity contribution >= 4 is 35.1 Å². The van der Waals surface area contributed by atoms with Crippen LogP contribution in [0.1, 0.15) is 51.5 Å². The van der Waals surface area contributed by atoms with Crippen LogP contribution in [0.5, 0.6) is 0 Å². The maximum atomic E-state index is 12.3. The lowest BCUT2D eigenvalue weighted by molar-refractivity contribution is -0.119. The largest absolute Gasteiger partial charge is 0.459 e. The number of amides is 1. The molecule has 0 radical (unpaired) electrons. The Hall–Kier alpha value is -2.80. The Morgan fingerprint density at radius 3 is 2.43 bits per heavy atom. The number of esters is 2. The first kappa shape index (κ1) is 21.5. The van der Waals surface area contributed by atoms with E-state index in [1.54, 1.807) is 52.8 Å². The van der Waals surface area contributed by atoms with E-state index >= 15 is 0 Å². The molecule has 8 heteroatoms. The Bertz CT molecular complexity index is 918. The average Bonchev–Trinajstić information content (AvgIpc) is 2.91. The Labute approximate surface area is 168 Å². The van der Waals surface area contributed by atoms with Crippen LogP contribution in [0.3, 0.4) is 0 Å². The highest BCUT2D eigenvalue weighted by molar-refractivity contribution is 6.31. The van der Waals surface area contributed by atoms with E-state index in [2.05, 4.69) is 10.3 Å². The first-order valence-electron chi connectivity index (χ1n) is 8.74. The fourth-order valence-electron chi connectivity index (χ4n) is 2.67. The summed E-state index contributed by atoms with van der Waals surface area (Å²) in [6.45, 7) is 8.05. The van der Waals surface area contributed by atoms with Crippen LogP contribution >= 0.6 is 11.6 Å². The van der Waals surface area contributed by atoms with Crippen LogP contribution in [0.25, 0.3) is 0 Å². The molecule has 0 saturated heterocycles. The number of H-pyrrole nitrogens is 1. The van der Waals surface area contributed by atoms with Crippen molar-refractivity contribution < 1.29 is 23.9 Å². The molecule has 0 unspecified atom stereocenters. The van der Waals surface area contributed by atoms with Gasteiger partial charge in [-0.3, -0.25) is 4.79 Å². The molecule has 28 heavy (non-hydrogen) atoms. The average molecular weight is 407 g/mol. The number of benzene rings is 1. The number of halogens is 1. The Balaban J connectivity index is 2.04. The standard InChI is InChI=1S/C20H23ClN2O5/c1-10(2)28-19(25)17-12(4)18(22-13(17)5)20(26)27-9-16(24)23-15-8-6-7-14(21)11(15)3/h6-8,10,22H,9H2,1-5H3,(H,23,24). The van der Waals surface area contributed by atoms with Gasteiger partial charge < -0.3 is 19.8 Å². The summed E-state index contributed by atoms with van der Waals surface area (Å²) >= 11 is 6.02. The molecular formula is C20H23ClN2O5. The summed E-state index contributed by atoms with van der Waals surface area (Å²) in [7, 11) is 0. The van der Waals surface area contributed by atoms with Crippen molar-refractivity contribution in [3.05, 3.63) is 51.3 Å². The molecule has 2 rings (SSSR count). The number of aromatic amines is 1. The van der Waals surface area contributed by atoms with Gasteiger partial charge in [0.25, 0.3) is 5.91 Å². The number of ether oxygens (including phenoxy) is 2. The molecule has 1 amide bonds. The van der Waals surface area contributed by atoms with Gasteiger partial charge in [-0.2, -0.15) is 0 Å². The van der Waals surface area contributed by atoms with Crippen molar-refractivity contribution in [2.24, 2.45) is 0 Å². The predicted molar refractivity (Wildman–Crippen MR) is 106 cm³/mol. The Morgan fingerprint density at radius 1 is 1.11 bits per heavy atom. The number of rotatable bonds is 6. The summed E-state index contributed by atoms with van der Waals surface area (Å²) in [6.07, 6.45) is -0.282.